The van der Waals surface area contributed by atoms with Crippen molar-refractivity contribution in [3.8, 4) is 0 Å². The van der Waals surface area contributed by atoms with Crippen molar-refractivity contribution in [3.63, 3.8) is 0 Å². The minimum absolute atomic E-state index is 0.170. The fourth-order valence-electron chi connectivity index (χ4n) is 2.55. The number of carbonyl (C=O) groups is 4. The molecule has 9 nitrogen and oxygen atoms in total. The monoisotopic (exact) mass is 356 g/mol. The van der Waals surface area contributed by atoms with Crippen molar-refractivity contribution in [2.24, 2.45) is 5.92 Å². The van der Waals surface area contributed by atoms with E-state index in [1.807, 2.05) is 13.8 Å². The van der Waals surface area contributed by atoms with Gasteiger partial charge in [-0.05, 0) is 25.7 Å². The molecular formula is C16H28N4O5. The summed E-state index contributed by atoms with van der Waals surface area (Å²) < 4.78 is 0. The summed E-state index contributed by atoms with van der Waals surface area (Å²) in [5.74, 6) is -1.53. The Morgan fingerprint density at radius 3 is 2.36 bits per heavy atom. The Bertz CT molecular complexity index is 509. The molecule has 4 amide bonds. The molecule has 0 spiro atoms. The highest BCUT2D eigenvalue weighted by atomic mass is 16.3. The van der Waals surface area contributed by atoms with Crippen LogP contribution in [0.5, 0.6) is 0 Å². The molecule has 25 heavy (non-hydrogen) atoms. The molecule has 1 saturated heterocycles. The van der Waals surface area contributed by atoms with Crippen LogP contribution in [0.2, 0.25) is 0 Å². The highest BCUT2D eigenvalue weighted by molar-refractivity contribution is 5.95. The van der Waals surface area contributed by atoms with Crippen LogP contribution in [0.25, 0.3) is 0 Å². The first-order valence-electron chi connectivity index (χ1n) is 8.57. The number of aliphatic hydroxyl groups excluding tert-OH is 1. The topological polar surface area (TPSA) is 137 Å². The van der Waals surface area contributed by atoms with Gasteiger partial charge in [-0.25, -0.2) is 0 Å². The molecule has 0 bridgehead atoms. The number of amides is 4. The van der Waals surface area contributed by atoms with E-state index in [1.54, 1.807) is 6.92 Å². The standard InChI is InChI=1S/C16H28N4O5/c1-4-17-14(23)11(7-9(2)3)19-16(25)12(8-21)20-15(24)10-5-6-13(22)18-10/h9-12,21H,4-8H2,1-3H3,(H,17,23)(H,18,22)(H,19,25)(H,20,24)/t10-,11+,12+/m0/s1. The molecule has 1 fully saturated rings. The van der Waals surface area contributed by atoms with Crippen LogP contribution in [-0.4, -0.2) is 60.0 Å². The van der Waals surface area contributed by atoms with Gasteiger partial charge in [0.15, 0.2) is 0 Å². The molecule has 0 saturated carbocycles. The fraction of sp³-hybridized carbons (Fsp3) is 0.750. The number of likely N-dealkylation sites (N-methyl/N-ethyl adjacent to an activating group) is 1. The number of carbonyl (C=O) groups excluding carboxylic acids is 4. The van der Waals surface area contributed by atoms with Gasteiger partial charge in [-0.2, -0.15) is 0 Å². The van der Waals surface area contributed by atoms with Crippen LogP contribution in [0, 0.1) is 5.92 Å². The van der Waals surface area contributed by atoms with Gasteiger partial charge in [0, 0.05) is 13.0 Å². The molecule has 0 aliphatic carbocycles. The predicted molar refractivity (Wildman–Crippen MR) is 90.3 cm³/mol. The second-order valence-electron chi connectivity index (χ2n) is 6.49. The molecule has 3 atom stereocenters. The highest BCUT2D eigenvalue weighted by Crippen LogP contribution is 2.08. The number of rotatable bonds is 9. The zero-order chi connectivity index (χ0) is 19.0. The summed E-state index contributed by atoms with van der Waals surface area (Å²) in [6.07, 6.45) is 1.03. The molecule has 1 aliphatic rings. The Morgan fingerprint density at radius 2 is 1.88 bits per heavy atom. The predicted octanol–water partition coefficient (Wildman–Crippen LogP) is -1.59. The van der Waals surface area contributed by atoms with Crippen molar-refractivity contribution in [1.82, 2.24) is 21.3 Å². The lowest BCUT2D eigenvalue weighted by Gasteiger charge is -2.23. The van der Waals surface area contributed by atoms with E-state index in [1.165, 1.54) is 0 Å². The molecule has 0 unspecified atom stereocenters. The number of hydrogen-bond acceptors (Lipinski definition) is 5. The van der Waals surface area contributed by atoms with Crippen LogP contribution in [0.3, 0.4) is 0 Å². The summed E-state index contributed by atoms with van der Waals surface area (Å²) in [4.78, 5) is 47.6. The molecule has 1 heterocycles. The largest absolute Gasteiger partial charge is 0.394 e. The van der Waals surface area contributed by atoms with E-state index in [2.05, 4.69) is 21.3 Å². The van der Waals surface area contributed by atoms with Crippen LogP contribution in [0.15, 0.2) is 0 Å². The second-order valence-corrected chi connectivity index (χ2v) is 6.49. The number of aliphatic hydroxyl groups is 1. The maximum atomic E-state index is 12.3. The third kappa shape index (κ3) is 6.69. The smallest absolute Gasteiger partial charge is 0.245 e. The third-order valence-corrected chi connectivity index (χ3v) is 3.82. The van der Waals surface area contributed by atoms with Crippen molar-refractivity contribution >= 4 is 23.6 Å². The van der Waals surface area contributed by atoms with Gasteiger partial charge < -0.3 is 26.4 Å². The Morgan fingerprint density at radius 1 is 1.20 bits per heavy atom. The van der Waals surface area contributed by atoms with Gasteiger partial charge in [-0.1, -0.05) is 13.8 Å². The Kier molecular flexibility index (Phi) is 8.33. The van der Waals surface area contributed by atoms with Gasteiger partial charge in [0.2, 0.25) is 23.6 Å². The quantitative estimate of drug-likeness (QED) is 0.339. The number of nitrogens with one attached hydrogen (secondary N) is 4. The summed E-state index contributed by atoms with van der Waals surface area (Å²) in [6, 6.07) is -2.64. The fourth-order valence-corrected chi connectivity index (χ4v) is 2.55. The molecule has 0 aromatic rings. The lowest BCUT2D eigenvalue weighted by atomic mass is 10.0. The van der Waals surface area contributed by atoms with E-state index in [-0.39, 0.29) is 24.2 Å². The van der Waals surface area contributed by atoms with Crippen LogP contribution in [-0.2, 0) is 19.2 Å². The SMILES string of the molecule is CCNC(=O)[C@@H](CC(C)C)NC(=O)[C@@H](CO)NC(=O)[C@@H]1CCC(=O)N1. The van der Waals surface area contributed by atoms with E-state index < -0.39 is 36.5 Å². The Labute approximate surface area is 147 Å². The maximum absolute atomic E-state index is 12.3. The molecular weight excluding hydrogens is 328 g/mol. The van der Waals surface area contributed by atoms with E-state index in [9.17, 15) is 24.3 Å². The van der Waals surface area contributed by atoms with Gasteiger partial charge >= 0.3 is 0 Å². The molecule has 0 aromatic heterocycles. The zero-order valence-electron chi connectivity index (χ0n) is 14.9. The molecule has 0 radical (unpaired) electrons. The van der Waals surface area contributed by atoms with E-state index in [0.717, 1.165) is 0 Å². The van der Waals surface area contributed by atoms with Gasteiger partial charge in [-0.3, -0.25) is 19.2 Å². The minimum atomic E-state index is -1.19. The first-order valence-corrected chi connectivity index (χ1v) is 8.57. The summed E-state index contributed by atoms with van der Waals surface area (Å²) in [7, 11) is 0. The second kappa shape index (κ2) is 9.97. The minimum Gasteiger partial charge on any atom is -0.394 e. The first kappa shape index (κ1) is 20.9. The van der Waals surface area contributed by atoms with Crippen LogP contribution in [0.4, 0.5) is 0 Å². The van der Waals surface area contributed by atoms with Gasteiger partial charge in [0.25, 0.3) is 0 Å². The van der Waals surface area contributed by atoms with Crippen LogP contribution < -0.4 is 21.3 Å². The van der Waals surface area contributed by atoms with E-state index >= 15 is 0 Å². The van der Waals surface area contributed by atoms with Crippen LogP contribution >= 0.6 is 0 Å². The first-order chi connectivity index (χ1) is 11.8. The zero-order valence-corrected chi connectivity index (χ0v) is 14.9. The highest BCUT2D eigenvalue weighted by Gasteiger charge is 2.31. The Balaban J connectivity index is 2.66. The van der Waals surface area contributed by atoms with Crippen molar-refractivity contribution in [1.29, 1.82) is 0 Å². The third-order valence-electron chi connectivity index (χ3n) is 3.82. The van der Waals surface area contributed by atoms with Gasteiger partial charge in [0.1, 0.15) is 18.1 Å². The summed E-state index contributed by atoms with van der Waals surface area (Å²) in [5, 5.41) is 19.5. The average Bonchev–Trinajstić information content (AvgIpc) is 2.98. The maximum Gasteiger partial charge on any atom is 0.245 e. The normalized spacial score (nSPS) is 19.1. The summed E-state index contributed by atoms with van der Waals surface area (Å²) in [6.45, 7) is 5.45. The molecule has 1 aliphatic heterocycles. The van der Waals surface area contributed by atoms with Gasteiger partial charge in [-0.15, -0.1) is 0 Å². The lowest BCUT2D eigenvalue weighted by molar-refractivity contribution is -0.133. The van der Waals surface area contributed by atoms with Gasteiger partial charge in [0.05, 0.1) is 6.61 Å². The van der Waals surface area contributed by atoms with Crippen molar-refractivity contribution < 1.29 is 24.3 Å². The molecule has 0 aromatic carbocycles. The Hall–Kier alpha value is -2.16. The van der Waals surface area contributed by atoms with Crippen molar-refractivity contribution in [2.75, 3.05) is 13.2 Å². The molecule has 5 N–H and O–H groups in total. The van der Waals surface area contributed by atoms with Crippen molar-refractivity contribution in [2.45, 2.75) is 58.2 Å². The van der Waals surface area contributed by atoms with E-state index in [0.29, 0.717) is 19.4 Å². The van der Waals surface area contributed by atoms with Crippen LogP contribution in [0.1, 0.15) is 40.0 Å². The number of hydrogen-bond donors (Lipinski definition) is 5. The average molecular weight is 356 g/mol. The van der Waals surface area contributed by atoms with Crippen molar-refractivity contribution in [3.05, 3.63) is 0 Å². The van der Waals surface area contributed by atoms with E-state index in [4.69, 9.17) is 0 Å². The molecule has 142 valence electrons. The summed E-state index contributed by atoms with van der Waals surface area (Å²) in [5.41, 5.74) is 0. The molecule has 1 rings (SSSR count). The lowest BCUT2D eigenvalue weighted by Crippen LogP contribution is -2.57. The summed E-state index contributed by atoms with van der Waals surface area (Å²) >= 11 is 0. The molecule has 9 heteroatoms.